The van der Waals surface area contributed by atoms with E-state index in [0.29, 0.717) is 11.5 Å². The molecular formula is C16H19FN2O2. The van der Waals surface area contributed by atoms with Crippen molar-refractivity contribution in [2.75, 3.05) is 13.1 Å². The highest BCUT2D eigenvalue weighted by Crippen LogP contribution is 2.21. The van der Waals surface area contributed by atoms with E-state index < -0.39 is 0 Å². The first-order valence-electron chi connectivity index (χ1n) is 7.18. The van der Waals surface area contributed by atoms with E-state index in [1.807, 2.05) is 0 Å². The van der Waals surface area contributed by atoms with Gasteiger partial charge in [-0.25, -0.2) is 9.37 Å². The number of benzene rings is 1. The molecule has 2 heterocycles. The molecule has 112 valence electrons. The predicted octanol–water partition coefficient (Wildman–Crippen LogP) is 3.09. The van der Waals surface area contributed by atoms with Crippen molar-refractivity contribution in [3.63, 3.8) is 0 Å². The fourth-order valence-corrected chi connectivity index (χ4v) is 2.78. The van der Waals surface area contributed by atoms with Crippen molar-refractivity contribution < 1.29 is 13.5 Å². The van der Waals surface area contributed by atoms with Crippen molar-refractivity contribution in [3.05, 3.63) is 42.0 Å². The highest BCUT2D eigenvalue weighted by atomic mass is 19.1. The molecule has 0 amide bonds. The molecule has 1 aromatic heterocycles. The third kappa shape index (κ3) is 3.49. The van der Waals surface area contributed by atoms with Gasteiger partial charge < -0.3 is 9.15 Å². The number of morpholine rings is 1. The fraction of sp³-hybridized carbons (Fsp3) is 0.438. The minimum Gasteiger partial charge on any atom is -0.444 e. The number of hydrogen-bond donors (Lipinski definition) is 0. The minimum atomic E-state index is -0.289. The number of rotatable bonds is 3. The SMILES string of the molecule is C[C@H]1CN(Cc2coc(-c3cccc(F)c3)n2)C[C@H](C)O1. The maximum absolute atomic E-state index is 13.2. The topological polar surface area (TPSA) is 38.5 Å². The van der Waals surface area contributed by atoms with Gasteiger partial charge in [0.1, 0.15) is 12.1 Å². The zero-order valence-electron chi connectivity index (χ0n) is 12.3. The van der Waals surface area contributed by atoms with Gasteiger partial charge in [0.15, 0.2) is 0 Å². The molecule has 1 aliphatic heterocycles. The molecule has 21 heavy (non-hydrogen) atoms. The van der Waals surface area contributed by atoms with Gasteiger partial charge in [-0.3, -0.25) is 4.90 Å². The first-order valence-corrected chi connectivity index (χ1v) is 7.18. The molecule has 0 unspecified atom stereocenters. The highest BCUT2D eigenvalue weighted by molar-refractivity contribution is 5.52. The van der Waals surface area contributed by atoms with Gasteiger partial charge in [-0.2, -0.15) is 0 Å². The van der Waals surface area contributed by atoms with E-state index in [2.05, 4.69) is 23.7 Å². The normalized spacial score (nSPS) is 23.4. The van der Waals surface area contributed by atoms with Crippen LogP contribution in [-0.4, -0.2) is 35.2 Å². The number of halogens is 1. The second-order valence-electron chi connectivity index (χ2n) is 5.61. The number of aromatic nitrogens is 1. The molecule has 0 bridgehead atoms. The van der Waals surface area contributed by atoms with Crippen LogP contribution < -0.4 is 0 Å². The largest absolute Gasteiger partial charge is 0.444 e. The van der Waals surface area contributed by atoms with Gasteiger partial charge in [-0.15, -0.1) is 0 Å². The Labute approximate surface area is 123 Å². The maximum atomic E-state index is 13.2. The quantitative estimate of drug-likeness (QED) is 0.870. The Hall–Kier alpha value is -1.72. The summed E-state index contributed by atoms with van der Waals surface area (Å²) in [6.45, 7) is 6.63. The Bertz CT molecular complexity index is 604. The van der Waals surface area contributed by atoms with Crippen LogP contribution in [0.4, 0.5) is 4.39 Å². The lowest BCUT2D eigenvalue weighted by atomic mass is 10.2. The van der Waals surface area contributed by atoms with Crippen LogP contribution in [0, 0.1) is 5.82 Å². The van der Waals surface area contributed by atoms with Crippen molar-refractivity contribution in [1.29, 1.82) is 0 Å². The zero-order chi connectivity index (χ0) is 14.8. The average molecular weight is 290 g/mol. The van der Waals surface area contributed by atoms with E-state index in [1.165, 1.54) is 12.1 Å². The summed E-state index contributed by atoms with van der Waals surface area (Å²) >= 11 is 0. The van der Waals surface area contributed by atoms with Gasteiger partial charge in [-0.1, -0.05) is 6.07 Å². The fourth-order valence-electron chi connectivity index (χ4n) is 2.78. The molecule has 0 saturated carbocycles. The second-order valence-corrected chi connectivity index (χ2v) is 5.61. The van der Waals surface area contributed by atoms with Crippen molar-refractivity contribution in [1.82, 2.24) is 9.88 Å². The molecule has 2 aromatic rings. The molecule has 3 rings (SSSR count). The molecule has 0 radical (unpaired) electrons. The monoisotopic (exact) mass is 290 g/mol. The molecule has 4 nitrogen and oxygen atoms in total. The van der Waals surface area contributed by atoms with Gasteiger partial charge in [0.25, 0.3) is 0 Å². The second kappa shape index (κ2) is 5.95. The summed E-state index contributed by atoms with van der Waals surface area (Å²) in [6, 6.07) is 6.27. The van der Waals surface area contributed by atoms with Crippen molar-refractivity contribution >= 4 is 0 Å². The van der Waals surface area contributed by atoms with Gasteiger partial charge in [-0.05, 0) is 32.0 Å². The van der Waals surface area contributed by atoms with Crippen LogP contribution in [0.15, 0.2) is 34.9 Å². The first-order chi connectivity index (χ1) is 10.1. The summed E-state index contributed by atoms with van der Waals surface area (Å²) in [5.74, 6) is 0.168. The van der Waals surface area contributed by atoms with Crippen molar-refractivity contribution in [2.45, 2.75) is 32.6 Å². The third-order valence-corrected chi connectivity index (χ3v) is 3.50. The van der Waals surface area contributed by atoms with Gasteiger partial charge in [0.2, 0.25) is 5.89 Å². The number of nitrogens with zero attached hydrogens (tertiary/aromatic N) is 2. The van der Waals surface area contributed by atoms with Crippen molar-refractivity contribution in [3.8, 4) is 11.5 Å². The lowest BCUT2D eigenvalue weighted by Crippen LogP contribution is -2.44. The van der Waals surface area contributed by atoms with Crippen molar-refractivity contribution in [2.24, 2.45) is 0 Å². The lowest BCUT2D eigenvalue weighted by molar-refractivity contribution is -0.0707. The molecule has 0 N–H and O–H groups in total. The standard InChI is InChI=1S/C16H19FN2O2/c1-11-7-19(8-12(2)21-11)9-15-10-20-16(18-15)13-4-3-5-14(17)6-13/h3-6,10-12H,7-9H2,1-2H3/t11-,12-/m0/s1. The maximum Gasteiger partial charge on any atom is 0.226 e. The Morgan fingerprint density at radius 1 is 1.29 bits per heavy atom. The van der Waals surface area contributed by atoms with Crippen LogP contribution in [0.1, 0.15) is 19.5 Å². The molecule has 2 atom stereocenters. The summed E-state index contributed by atoms with van der Waals surface area (Å²) in [7, 11) is 0. The highest BCUT2D eigenvalue weighted by Gasteiger charge is 2.23. The van der Waals surface area contributed by atoms with Crippen LogP contribution in [0.3, 0.4) is 0 Å². The Balaban J connectivity index is 1.70. The first kappa shape index (κ1) is 14.2. The Morgan fingerprint density at radius 3 is 2.76 bits per heavy atom. The van der Waals surface area contributed by atoms with Crippen LogP contribution in [0.5, 0.6) is 0 Å². The van der Waals surface area contributed by atoms with E-state index in [1.54, 1.807) is 18.4 Å². The summed E-state index contributed by atoms with van der Waals surface area (Å²) in [5, 5.41) is 0. The molecular weight excluding hydrogens is 271 g/mol. The Morgan fingerprint density at radius 2 is 2.05 bits per heavy atom. The molecule has 1 fully saturated rings. The van der Waals surface area contributed by atoms with Crippen LogP contribution in [-0.2, 0) is 11.3 Å². The van der Waals surface area contributed by atoms with Crippen LogP contribution >= 0.6 is 0 Å². The average Bonchev–Trinajstić information content (AvgIpc) is 2.86. The number of hydrogen-bond acceptors (Lipinski definition) is 4. The lowest BCUT2D eigenvalue weighted by Gasteiger charge is -2.34. The molecule has 0 aliphatic carbocycles. The summed E-state index contributed by atoms with van der Waals surface area (Å²) in [5.41, 5.74) is 1.51. The smallest absolute Gasteiger partial charge is 0.226 e. The third-order valence-electron chi connectivity index (χ3n) is 3.50. The van der Waals surface area contributed by atoms with Gasteiger partial charge >= 0.3 is 0 Å². The molecule has 1 aliphatic rings. The van der Waals surface area contributed by atoms with Gasteiger partial charge in [0.05, 0.1) is 17.9 Å². The van der Waals surface area contributed by atoms with Crippen LogP contribution in [0.25, 0.3) is 11.5 Å². The van der Waals surface area contributed by atoms with E-state index in [-0.39, 0.29) is 18.0 Å². The molecule has 5 heteroatoms. The van der Waals surface area contributed by atoms with E-state index in [0.717, 1.165) is 25.3 Å². The number of oxazole rings is 1. The molecule has 1 aromatic carbocycles. The van der Waals surface area contributed by atoms with Crippen LogP contribution in [0.2, 0.25) is 0 Å². The Kier molecular flexibility index (Phi) is 4.03. The summed E-state index contributed by atoms with van der Waals surface area (Å²) < 4.78 is 24.4. The van der Waals surface area contributed by atoms with E-state index in [9.17, 15) is 4.39 Å². The molecule has 1 saturated heterocycles. The van der Waals surface area contributed by atoms with E-state index in [4.69, 9.17) is 9.15 Å². The summed E-state index contributed by atoms with van der Waals surface area (Å²) in [4.78, 5) is 6.75. The molecule has 0 spiro atoms. The minimum absolute atomic E-state index is 0.225. The predicted molar refractivity (Wildman–Crippen MR) is 77.2 cm³/mol. The summed E-state index contributed by atoms with van der Waals surface area (Å²) in [6.07, 6.45) is 2.09. The number of ether oxygens (including phenoxy) is 1. The van der Waals surface area contributed by atoms with Gasteiger partial charge in [0, 0.05) is 25.2 Å². The van der Waals surface area contributed by atoms with E-state index >= 15 is 0 Å². The zero-order valence-corrected chi connectivity index (χ0v) is 12.3.